The predicted molar refractivity (Wildman–Crippen MR) is 83.8 cm³/mol. The van der Waals surface area contributed by atoms with Crippen LogP contribution in [0, 0.1) is 18.8 Å². The van der Waals surface area contributed by atoms with Crippen LogP contribution in [0.1, 0.15) is 26.3 Å². The van der Waals surface area contributed by atoms with Crippen molar-refractivity contribution in [1.29, 1.82) is 0 Å². The minimum absolute atomic E-state index is 0.194. The van der Waals surface area contributed by atoms with Crippen LogP contribution in [0.15, 0.2) is 12.4 Å². The molecule has 22 heavy (non-hydrogen) atoms. The molecule has 0 N–H and O–H groups in total. The summed E-state index contributed by atoms with van der Waals surface area (Å²) >= 11 is 0. The minimum Gasteiger partial charge on any atom is -0.444 e. The molecule has 6 heteroatoms. The first-order chi connectivity index (χ1) is 10.3. The van der Waals surface area contributed by atoms with Crippen LogP contribution < -0.4 is 4.90 Å². The molecule has 120 valence electrons. The van der Waals surface area contributed by atoms with E-state index in [1.54, 1.807) is 0 Å². The van der Waals surface area contributed by atoms with Gasteiger partial charge in [0.15, 0.2) is 0 Å². The van der Waals surface area contributed by atoms with Crippen LogP contribution in [0.2, 0.25) is 0 Å². The number of hydrogen-bond acceptors (Lipinski definition) is 5. The molecule has 0 aliphatic carbocycles. The number of anilines is 1. The molecule has 2 aliphatic rings. The number of aromatic nitrogens is 2. The standard InChI is InChI=1S/C16H24N4O2/c1-11-5-17-14(18-6-11)19-7-12-9-20(10-13(12)8-19)15(21)22-16(2,3)4/h5-6,12-13H,7-10H2,1-4H3. The molecule has 0 bridgehead atoms. The van der Waals surface area contributed by atoms with E-state index in [9.17, 15) is 4.79 Å². The van der Waals surface area contributed by atoms with E-state index in [4.69, 9.17) is 4.74 Å². The molecular weight excluding hydrogens is 280 g/mol. The average Bonchev–Trinajstić information content (AvgIpc) is 2.95. The van der Waals surface area contributed by atoms with Crippen LogP contribution in [-0.2, 0) is 4.74 Å². The van der Waals surface area contributed by atoms with Crippen molar-refractivity contribution in [3.63, 3.8) is 0 Å². The van der Waals surface area contributed by atoms with Gasteiger partial charge < -0.3 is 14.5 Å². The highest BCUT2D eigenvalue weighted by molar-refractivity contribution is 5.68. The van der Waals surface area contributed by atoms with E-state index >= 15 is 0 Å². The van der Waals surface area contributed by atoms with Gasteiger partial charge in [-0.3, -0.25) is 0 Å². The van der Waals surface area contributed by atoms with Crippen LogP contribution >= 0.6 is 0 Å². The Labute approximate surface area is 131 Å². The molecule has 1 aromatic heterocycles. The van der Waals surface area contributed by atoms with Gasteiger partial charge in [-0.1, -0.05) is 0 Å². The summed E-state index contributed by atoms with van der Waals surface area (Å²) in [7, 11) is 0. The van der Waals surface area contributed by atoms with Crippen LogP contribution in [0.25, 0.3) is 0 Å². The van der Waals surface area contributed by atoms with Gasteiger partial charge >= 0.3 is 6.09 Å². The molecule has 2 aliphatic heterocycles. The number of likely N-dealkylation sites (tertiary alicyclic amines) is 1. The summed E-state index contributed by atoms with van der Waals surface area (Å²) in [6.45, 7) is 11.0. The summed E-state index contributed by atoms with van der Waals surface area (Å²) < 4.78 is 5.46. The van der Waals surface area contributed by atoms with E-state index in [-0.39, 0.29) is 6.09 Å². The second-order valence-electron chi connectivity index (χ2n) is 7.37. The first kappa shape index (κ1) is 15.1. The van der Waals surface area contributed by atoms with Crippen molar-refractivity contribution in [1.82, 2.24) is 14.9 Å². The Morgan fingerprint density at radius 1 is 1.14 bits per heavy atom. The SMILES string of the molecule is Cc1cnc(N2CC3CN(C(=O)OC(C)(C)C)CC3C2)nc1. The molecule has 1 aromatic rings. The lowest BCUT2D eigenvalue weighted by Gasteiger charge is -2.26. The smallest absolute Gasteiger partial charge is 0.410 e. The number of ether oxygens (including phenoxy) is 1. The molecule has 3 rings (SSSR count). The second kappa shape index (κ2) is 5.41. The average molecular weight is 304 g/mol. The number of rotatable bonds is 1. The summed E-state index contributed by atoms with van der Waals surface area (Å²) in [6, 6.07) is 0. The van der Waals surface area contributed by atoms with Gasteiger partial charge in [0.25, 0.3) is 0 Å². The molecule has 6 nitrogen and oxygen atoms in total. The molecule has 2 saturated heterocycles. The zero-order valence-electron chi connectivity index (χ0n) is 13.7. The number of carbonyl (C=O) groups excluding carboxylic acids is 1. The van der Waals surface area contributed by atoms with Gasteiger partial charge in [-0.2, -0.15) is 0 Å². The van der Waals surface area contributed by atoms with Crippen molar-refractivity contribution in [2.45, 2.75) is 33.3 Å². The third-order valence-corrected chi connectivity index (χ3v) is 4.19. The molecule has 0 spiro atoms. The van der Waals surface area contributed by atoms with Crippen molar-refractivity contribution in [3.05, 3.63) is 18.0 Å². The van der Waals surface area contributed by atoms with Crippen molar-refractivity contribution in [3.8, 4) is 0 Å². The summed E-state index contributed by atoms with van der Waals surface area (Å²) in [5.41, 5.74) is 0.635. The number of nitrogens with zero attached hydrogens (tertiary/aromatic N) is 4. The maximum absolute atomic E-state index is 12.1. The highest BCUT2D eigenvalue weighted by Crippen LogP contribution is 2.33. The molecule has 1 amide bonds. The Bertz CT molecular complexity index is 538. The van der Waals surface area contributed by atoms with Crippen molar-refractivity contribution < 1.29 is 9.53 Å². The third-order valence-electron chi connectivity index (χ3n) is 4.19. The van der Waals surface area contributed by atoms with Crippen LogP contribution in [0.4, 0.5) is 10.7 Å². The van der Waals surface area contributed by atoms with Gasteiger partial charge in [0.05, 0.1) is 0 Å². The zero-order valence-corrected chi connectivity index (χ0v) is 13.7. The lowest BCUT2D eigenvalue weighted by atomic mass is 10.0. The first-order valence-corrected chi connectivity index (χ1v) is 7.83. The quantitative estimate of drug-likeness (QED) is 0.795. The lowest BCUT2D eigenvalue weighted by Crippen LogP contribution is -2.37. The van der Waals surface area contributed by atoms with Crippen LogP contribution in [-0.4, -0.2) is 52.7 Å². The Hall–Kier alpha value is -1.85. The summed E-state index contributed by atoms with van der Waals surface area (Å²) in [5.74, 6) is 1.76. The van der Waals surface area contributed by atoms with E-state index in [1.807, 2.05) is 45.0 Å². The van der Waals surface area contributed by atoms with Crippen LogP contribution in [0.5, 0.6) is 0 Å². The van der Waals surface area contributed by atoms with Gasteiger partial charge in [0.2, 0.25) is 5.95 Å². The molecule has 0 saturated carbocycles. The fourth-order valence-electron chi connectivity index (χ4n) is 3.18. The zero-order chi connectivity index (χ0) is 15.9. The molecular formula is C16H24N4O2. The molecule has 3 heterocycles. The maximum Gasteiger partial charge on any atom is 0.410 e. The van der Waals surface area contributed by atoms with Crippen molar-refractivity contribution in [2.75, 3.05) is 31.1 Å². The summed E-state index contributed by atoms with van der Waals surface area (Å²) in [6.07, 6.45) is 3.51. The minimum atomic E-state index is -0.434. The predicted octanol–water partition coefficient (Wildman–Crippen LogP) is 2.09. The van der Waals surface area contributed by atoms with E-state index in [1.165, 1.54) is 0 Å². The number of aryl methyl sites for hydroxylation is 1. The van der Waals surface area contributed by atoms with Crippen molar-refractivity contribution >= 4 is 12.0 Å². The van der Waals surface area contributed by atoms with Gasteiger partial charge in [-0.25, -0.2) is 14.8 Å². The highest BCUT2D eigenvalue weighted by Gasteiger charge is 2.43. The molecule has 2 atom stereocenters. The molecule has 0 radical (unpaired) electrons. The largest absolute Gasteiger partial charge is 0.444 e. The van der Waals surface area contributed by atoms with E-state index in [2.05, 4.69) is 14.9 Å². The topological polar surface area (TPSA) is 58.6 Å². The van der Waals surface area contributed by atoms with E-state index in [0.717, 1.165) is 37.7 Å². The van der Waals surface area contributed by atoms with Crippen LogP contribution in [0.3, 0.4) is 0 Å². The number of fused-ring (bicyclic) bond motifs is 1. The monoisotopic (exact) mass is 304 g/mol. The van der Waals surface area contributed by atoms with Gasteiger partial charge in [0.1, 0.15) is 5.60 Å². The Kier molecular flexibility index (Phi) is 3.70. The fourth-order valence-corrected chi connectivity index (χ4v) is 3.18. The van der Waals surface area contributed by atoms with Gasteiger partial charge in [0, 0.05) is 50.4 Å². The Morgan fingerprint density at radius 2 is 1.68 bits per heavy atom. The third kappa shape index (κ3) is 3.15. The normalized spacial score (nSPS) is 24.5. The van der Waals surface area contributed by atoms with E-state index in [0.29, 0.717) is 11.8 Å². The Morgan fingerprint density at radius 3 is 2.18 bits per heavy atom. The van der Waals surface area contributed by atoms with Gasteiger partial charge in [-0.05, 0) is 33.3 Å². The van der Waals surface area contributed by atoms with Gasteiger partial charge in [-0.15, -0.1) is 0 Å². The van der Waals surface area contributed by atoms with E-state index < -0.39 is 5.60 Å². The second-order valence-corrected chi connectivity index (χ2v) is 7.37. The number of carbonyl (C=O) groups is 1. The maximum atomic E-state index is 12.1. The lowest BCUT2D eigenvalue weighted by molar-refractivity contribution is 0.0282. The highest BCUT2D eigenvalue weighted by atomic mass is 16.6. The van der Waals surface area contributed by atoms with Crippen molar-refractivity contribution in [2.24, 2.45) is 11.8 Å². The number of hydrogen-bond donors (Lipinski definition) is 0. The summed E-state index contributed by atoms with van der Waals surface area (Å²) in [5, 5.41) is 0. The Balaban J connectivity index is 1.58. The molecule has 2 unspecified atom stereocenters. The molecule has 2 fully saturated rings. The first-order valence-electron chi connectivity index (χ1n) is 7.83. The molecule has 0 aromatic carbocycles. The summed E-state index contributed by atoms with van der Waals surface area (Å²) in [4.78, 5) is 25.0. The fraction of sp³-hybridized carbons (Fsp3) is 0.688. The number of amides is 1.